The average molecular weight is 159 g/mol. The molecule has 0 fully saturated rings. The summed E-state index contributed by atoms with van der Waals surface area (Å²) >= 11 is 0. The van der Waals surface area contributed by atoms with Crippen molar-refractivity contribution in [2.24, 2.45) is 5.73 Å². The smallest absolute Gasteiger partial charge is 0.176 e. The van der Waals surface area contributed by atoms with Crippen molar-refractivity contribution in [2.75, 3.05) is 14.2 Å². The molecule has 0 aliphatic carbocycles. The number of hydrogen-bond donors (Lipinski definition) is 1. The fraction of sp³-hybridized carbons (Fsp3) is 0.750. The van der Waals surface area contributed by atoms with Crippen molar-refractivity contribution >= 4 is 0 Å². The van der Waals surface area contributed by atoms with Gasteiger partial charge in [0.15, 0.2) is 6.29 Å². The molecule has 0 heterocycles. The van der Waals surface area contributed by atoms with Gasteiger partial charge in [0.2, 0.25) is 0 Å². The minimum Gasteiger partial charge on any atom is -0.352 e. The summed E-state index contributed by atoms with van der Waals surface area (Å²) in [6, 6.07) is 0.195. The number of rotatable bonds is 5. The maximum Gasteiger partial charge on any atom is 0.176 e. The van der Waals surface area contributed by atoms with E-state index in [2.05, 4.69) is 0 Å². The lowest BCUT2D eigenvalue weighted by molar-refractivity contribution is -0.0667. The molecular formula is C8H17NO2. The highest BCUT2D eigenvalue weighted by Gasteiger charge is 1.96. The van der Waals surface area contributed by atoms with E-state index in [9.17, 15) is 0 Å². The first kappa shape index (κ1) is 10.6. The molecular weight excluding hydrogens is 142 g/mol. The normalized spacial score (nSPS) is 14.6. The molecule has 0 aromatic carbocycles. The summed E-state index contributed by atoms with van der Waals surface area (Å²) < 4.78 is 9.86. The first-order valence-electron chi connectivity index (χ1n) is 3.68. The molecule has 3 nitrogen and oxygen atoms in total. The summed E-state index contributed by atoms with van der Waals surface area (Å²) in [5, 5.41) is 0. The Morgan fingerprint density at radius 1 is 1.36 bits per heavy atom. The summed E-state index contributed by atoms with van der Waals surface area (Å²) in [6.07, 6.45) is 4.42. The van der Waals surface area contributed by atoms with E-state index in [4.69, 9.17) is 15.2 Å². The van der Waals surface area contributed by atoms with E-state index in [0.717, 1.165) is 6.42 Å². The number of hydrogen-bond acceptors (Lipinski definition) is 3. The van der Waals surface area contributed by atoms with Crippen LogP contribution in [0.2, 0.25) is 0 Å². The lowest BCUT2D eigenvalue weighted by atomic mass is 10.2. The highest BCUT2D eigenvalue weighted by atomic mass is 16.7. The number of nitrogens with two attached hydrogens (primary N) is 1. The minimum absolute atomic E-state index is 0.195. The summed E-state index contributed by atoms with van der Waals surface area (Å²) in [7, 11) is 3.20. The molecule has 0 aliphatic heterocycles. The highest BCUT2D eigenvalue weighted by molar-refractivity contribution is 4.86. The van der Waals surface area contributed by atoms with Gasteiger partial charge in [-0.2, -0.15) is 0 Å². The number of methoxy groups -OCH3 is 2. The Hall–Kier alpha value is -0.380. The quantitative estimate of drug-likeness (QED) is 0.479. The van der Waals surface area contributed by atoms with Crippen LogP contribution in [0.5, 0.6) is 0 Å². The maximum absolute atomic E-state index is 5.53. The summed E-state index contributed by atoms with van der Waals surface area (Å²) in [4.78, 5) is 0. The monoisotopic (exact) mass is 159 g/mol. The predicted molar refractivity (Wildman–Crippen MR) is 45.2 cm³/mol. The lowest BCUT2D eigenvalue weighted by Gasteiger charge is -2.07. The van der Waals surface area contributed by atoms with Crippen LogP contribution in [0, 0.1) is 0 Å². The molecule has 11 heavy (non-hydrogen) atoms. The predicted octanol–water partition coefficient (Wildman–Crippen LogP) is 0.899. The molecule has 0 bridgehead atoms. The second kappa shape index (κ2) is 6.34. The van der Waals surface area contributed by atoms with E-state index in [-0.39, 0.29) is 12.3 Å². The molecule has 1 atom stereocenters. The molecule has 3 heteroatoms. The Kier molecular flexibility index (Phi) is 6.12. The Balaban J connectivity index is 3.53. The van der Waals surface area contributed by atoms with E-state index in [1.807, 2.05) is 19.1 Å². The van der Waals surface area contributed by atoms with Crippen LogP contribution >= 0.6 is 0 Å². The molecule has 0 amide bonds. The van der Waals surface area contributed by atoms with Crippen molar-refractivity contribution in [2.45, 2.75) is 25.7 Å². The topological polar surface area (TPSA) is 44.5 Å². The van der Waals surface area contributed by atoms with Gasteiger partial charge in [-0.05, 0) is 19.4 Å². The third kappa shape index (κ3) is 6.04. The van der Waals surface area contributed by atoms with Crippen LogP contribution < -0.4 is 5.73 Å². The fourth-order valence-corrected chi connectivity index (χ4v) is 0.658. The molecule has 0 aliphatic rings. The van der Waals surface area contributed by atoms with Gasteiger partial charge in [0.1, 0.15) is 0 Å². The van der Waals surface area contributed by atoms with E-state index in [1.54, 1.807) is 14.2 Å². The van der Waals surface area contributed by atoms with Gasteiger partial charge in [0.25, 0.3) is 0 Å². The summed E-state index contributed by atoms with van der Waals surface area (Å²) in [5.74, 6) is 0. The Bertz CT molecular complexity index is 109. The van der Waals surface area contributed by atoms with Gasteiger partial charge in [-0.15, -0.1) is 0 Å². The van der Waals surface area contributed by atoms with Gasteiger partial charge in [-0.1, -0.05) is 6.08 Å². The molecule has 0 saturated carbocycles. The fourth-order valence-electron chi connectivity index (χ4n) is 0.658. The summed E-state index contributed by atoms with van der Waals surface area (Å²) in [5.41, 5.74) is 5.53. The molecule has 66 valence electrons. The number of ether oxygens (including phenoxy) is 2. The van der Waals surface area contributed by atoms with Gasteiger partial charge in [-0.3, -0.25) is 0 Å². The zero-order chi connectivity index (χ0) is 8.69. The van der Waals surface area contributed by atoms with Crippen LogP contribution in [0.15, 0.2) is 12.2 Å². The van der Waals surface area contributed by atoms with Crippen molar-refractivity contribution in [3.8, 4) is 0 Å². The Morgan fingerprint density at radius 3 is 2.27 bits per heavy atom. The minimum atomic E-state index is -0.242. The van der Waals surface area contributed by atoms with E-state index < -0.39 is 0 Å². The zero-order valence-electron chi connectivity index (χ0n) is 7.41. The van der Waals surface area contributed by atoms with Crippen molar-refractivity contribution in [3.05, 3.63) is 12.2 Å². The molecule has 0 rings (SSSR count). The van der Waals surface area contributed by atoms with Crippen molar-refractivity contribution in [3.63, 3.8) is 0 Å². The van der Waals surface area contributed by atoms with Crippen LogP contribution in [0.25, 0.3) is 0 Å². The van der Waals surface area contributed by atoms with Crippen molar-refractivity contribution in [1.29, 1.82) is 0 Å². The van der Waals surface area contributed by atoms with E-state index in [0.29, 0.717) is 0 Å². The van der Waals surface area contributed by atoms with Crippen LogP contribution in [0.3, 0.4) is 0 Å². The van der Waals surface area contributed by atoms with Gasteiger partial charge in [0.05, 0.1) is 0 Å². The van der Waals surface area contributed by atoms with Crippen molar-refractivity contribution < 1.29 is 9.47 Å². The molecule has 0 aromatic rings. The molecule has 0 radical (unpaired) electrons. The standard InChI is InChI=1S/C8H17NO2/c1-7(9)5-4-6-8(10-2)11-3/h4,6-8H,5,9H2,1-3H3/b6-4+. The summed E-state index contributed by atoms with van der Waals surface area (Å²) in [6.45, 7) is 1.96. The van der Waals surface area contributed by atoms with Gasteiger partial charge in [0, 0.05) is 20.3 Å². The average Bonchev–Trinajstić information content (AvgIpc) is 1.98. The second-order valence-corrected chi connectivity index (χ2v) is 2.48. The molecule has 0 aromatic heterocycles. The van der Waals surface area contributed by atoms with Crippen LogP contribution in [0.4, 0.5) is 0 Å². The molecule has 1 unspecified atom stereocenters. The molecule has 2 N–H and O–H groups in total. The highest BCUT2D eigenvalue weighted by Crippen LogP contribution is 1.95. The third-order valence-corrected chi connectivity index (χ3v) is 1.27. The SMILES string of the molecule is COC(/C=C/CC(C)N)OC. The maximum atomic E-state index is 5.53. The van der Waals surface area contributed by atoms with Crippen LogP contribution in [-0.2, 0) is 9.47 Å². The Labute approximate surface area is 68.2 Å². The first-order chi connectivity index (χ1) is 5.20. The van der Waals surface area contributed by atoms with Gasteiger partial charge >= 0.3 is 0 Å². The Morgan fingerprint density at radius 2 is 1.91 bits per heavy atom. The van der Waals surface area contributed by atoms with Crippen LogP contribution in [-0.4, -0.2) is 26.6 Å². The first-order valence-corrected chi connectivity index (χ1v) is 3.68. The van der Waals surface area contributed by atoms with Crippen molar-refractivity contribution in [1.82, 2.24) is 0 Å². The second-order valence-electron chi connectivity index (χ2n) is 2.48. The molecule has 0 saturated heterocycles. The van der Waals surface area contributed by atoms with Gasteiger partial charge < -0.3 is 15.2 Å². The van der Waals surface area contributed by atoms with E-state index >= 15 is 0 Å². The van der Waals surface area contributed by atoms with Gasteiger partial charge in [-0.25, -0.2) is 0 Å². The third-order valence-electron chi connectivity index (χ3n) is 1.27. The van der Waals surface area contributed by atoms with Crippen LogP contribution in [0.1, 0.15) is 13.3 Å². The lowest BCUT2D eigenvalue weighted by Crippen LogP contribution is -2.14. The van der Waals surface area contributed by atoms with E-state index in [1.165, 1.54) is 0 Å². The largest absolute Gasteiger partial charge is 0.352 e. The zero-order valence-corrected chi connectivity index (χ0v) is 7.41. The molecule has 0 spiro atoms.